The predicted octanol–water partition coefficient (Wildman–Crippen LogP) is 3.70. The Bertz CT molecular complexity index is 1020. The van der Waals surface area contributed by atoms with Gasteiger partial charge in [0.05, 0.1) is 18.7 Å². The summed E-state index contributed by atoms with van der Waals surface area (Å²) < 4.78 is 5.58. The van der Waals surface area contributed by atoms with Crippen LogP contribution in [0.25, 0.3) is 0 Å². The molecule has 0 radical (unpaired) electrons. The number of carbonyl (C=O) groups is 1. The van der Waals surface area contributed by atoms with Crippen molar-refractivity contribution in [1.82, 2.24) is 4.98 Å². The summed E-state index contributed by atoms with van der Waals surface area (Å²) in [6, 6.07) is 7.36. The first-order valence-electron chi connectivity index (χ1n) is 8.90. The molecule has 1 aromatic carbocycles. The van der Waals surface area contributed by atoms with Gasteiger partial charge in [0, 0.05) is 40.2 Å². The molecule has 1 aliphatic rings. The van der Waals surface area contributed by atoms with Crippen molar-refractivity contribution in [2.24, 2.45) is 5.73 Å². The summed E-state index contributed by atoms with van der Waals surface area (Å²) in [5.74, 6) is 0.449. The van der Waals surface area contributed by atoms with Crippen molar-refractivity contribution in [2.75, 3.05) is 18.2 Å². The van der Waals surface area contributed by atoms with Gasteiger partial charge in [-0.05, 0) is 37.3 Å². The number of amides is 1. The smallest absolute Gasteiger partial charge is 0.247 e. The number of nitrogens with zero attached hydrogens (tertiary/aromatic N) is 2. The molecule has 0 aliphatic carbocycles. The number of thioether (sulfide) groups is 1. The van der Waals surface area contributed by atoms with Gasteiger partial charge in [0.2, 0.25) is 5.91 Å². The van der Waals surface area contributed by atoms with Crippen LogP contribution in [0.2, 0.25) is 0 Å². The van der Waals surface area contributed by atoms with E-state index in [9.17, 15) is 10.1 Å². The molecule has 1 aromatic heterocycles. The van der Waals surface area contributed by atoms with E-state index >= 15 is 0 Å². The molecule has 0 saturated heterocycles. The number of anilines is 1. The number of methoxy groups -OCH3 is 1. The van der Waals surface area contributed by atoms with Crippen LogP contribution in [0.1, 0.15) is 42.0 Å². The number of allylic oxidation sites excluding steroid dienone is 1. The number of nitrogens with one attached hydrogen (secondary N) is 1. The third kappa shape index (κ3) is 3.32. The molecule has 1 unspecified atom stereocenters. The molecule has 1 atom stereocenters. The molecular formula is C21H22N4O2S. The molecule has 0 spiro atoms. The largest absolute Gasteiger partial charge is 0.496 e. The molecule has 1 aliphatic heterocycles. The van der Waals surface area contributed by atoms with Crippen LogP contribution in [0.15, 0.2) is 40.7 Å². The Morgan fingerprint density at radius 3 is 2.79 bits per heavy atom. The van der Waals surface area contributed by atoms with Gasteiger partial charge in [-0.1, -0.05) is 13.0 Å². The predicted molar refractivity (Wildman–Crippen MR) is 110 cm³/mol. The summed E-state index contributed by atoms with van der Waals surface area (Å²) in [7, 11) is 1.55. The van der Waals surface area contributed by atoms with E-state index in [2.05, 4.69) is 23.3 Å². The van der Waals surface area contributed by atoms with E-state index in [1.54, 1.807) is 31.0 Å². The standard InChI is InChI=1S/C21H22N4O2S/c1-5-28-21-18-17(14-7-6-13(9-22)8-15(14)27-4)16(20(23)26)12(3)25-19(18)11(2)10-24-21/h6-8,10,17,25H,5H2,1-4H3,(H2,23,26). The molecule has 2 aromatic rings. The maximum Gasteiger partial charge on any atom is 0.247 e. The lowest BCUT2D eigenvalue weighted by Gasteiger charge is -2.32. The van der Waals surface area contributed by atoms with Crippen LogP contribution in [0, 0.1) is 18.3 Å². The van der Waals surface area contributed by atoms with Crippen molar-refractivity contribution < 1.29 is 9.53 Å². The summed E-state index contributed by atoms with van der Waals surface area (Å²) in [5.41, 5.74) is 11.1. The molecule has 2 heterocycles. The Kier molecular flexibility index (Phi) is 5.61. The van der Waals surface area contributed by atoms with Crippen LogP contribution < -0.4 is 15.8 Å². The summed E-state index contributed by atoms with van der Waals surface area (Å²) in [6.45, 7) is 5.88. The van der Waals surface area contributed by atoms with Crippen molar-refractivity contribution in [3.8, 4) is 11.8 Å². The highest BCUT2D eigenvalue weighted by atomic mass is 32.2. The quantitative estimate of drug-likeness (QED) is 0.750. The molecule has 3 N–H and O–H groups in total. The zero-order chi connectivity index (χ0) is 20.4. The Labute approximate surface area is 168 Å². The summed E-state index contributed by atoms with van der Waals surface area (Å²) >= 11 is 1.61. The Hall–Kier alpha value is -2.98. The first-order valence-corrected chi connectivity index (χ1v) is 9.89. The fourth-order valence-corrected chi connectivity index (χ4v) is 4.34. The summed E-state index contributed by atoms with van der Waals surface area (Å²) in [5, 5.41) is 13.4. The number of ether oxygens (including phenoxy) is 1. The van der Waals surface area contributed by atoms with Crippen LogP contribution in [0.5, 0.6) is 5.75 Å². The van der Waals surface area contributed by atoms with Gasteiger partial charge < -0.3 is 15.8 Å². The van der Waals surface area contributed by atoms with Gasteiger partial charge in [-0.15, -0.1) is 11.8 Å². The zero-order valence-corrected chi connectivity index (χ0v) is 17.1. The third-order valence-electron chi connectivity index (χ3n) is 4.78. The third-order valence-corrected chi connectivity index (χ3v) is 5.67. The Morgan fingerprint density at radius 1 is 1.43 bits per heavy atom. The summed E-state index contributed by atoms with van der Waals surface area (Å²) in [6.07, 6.45) is 1.83. The molecule has 0 bridgehead atoms. The molecule has 1 amide bonds. The van der Waals surface area contributed by atoms with Crippen LogP contribution in [-0.2, 0) is 4.79 Å². The number of aromatic nitrogens is 1. The molecule has 0 saturated carbocycles. The molecule has 6 nitrogen and oxygen atoms in total. The van der Waals surface area contributed by atoms with Gasteiger partial charge >= 0.3 is 0 Å². The lowest BCUT2D eigenvalue weighted by Crippen LogP contribution is -2.28. The maximum absolute atomic E-state index is 12.4. The van der Waals surface area contributed by atoms with Crippen molar-refractivity contribution in [3.05, 3.63) is 57.9 Å². The van der Waals surface area contributed by atoms with E-state index < -0.39 is 11.8 Å². The van der Waals surface area contributed by atoms with Gasteiger partial charge in [-0.2, -0.15) is 5.26 Å². The van der Waals surface area contributed by atoms with E-state index in [0.717, 1.165) is 33.2 Å². The van der Waals surface area contributed by atoms with E-state index in [-0.39, 0.29) is 0 Å². The minimum absolute atomic E-state index is 0.433. The SMILES string of the molecule is CCSc1ncc(C)c2c1C(c1ccc(C#N)cc1OC)C(C(N)=O)=C(C)N2. The topological polar surface area (TPSA) is 101 Å². The van der Waals surface area contributed by atoms with Crippen molar-refractivity contribution in [3.63, 3.8) is 0 Å². The minimum atomic E-state index is -0.499. The van der Waals surface area contributed by atoms with Crippen molar-refractivity contribution >= 4 is 23.4 Å². The van der Waals surface area contributed by atoms with E-state index in [1.165, 1.54) is 0 Å². The second-order valence-corrected chi connectivity index (χ2v) is 7.75. The number of fused-ring (bicyclic) bond motifs is 1. The lowest BCUT2D eigenvalue weighted by molar-refractivity contribution is -0.114. The van der Waals surface area contributed by atoms with E-state index in [4.69, 9.17) is 10.5 Å². The lowest BCUT2D eigenvalue weighted by atomic mass is 9.80. The van der Waals surface area contributed by atoms with Crippen LogP contribution in [-0.4, -0.2) is 23.8 Å². The number of hydrogen-bond donors (Lipinski definition) is 2. The van der Waals surface area contributed by atoms with E-state index in [0.29, 0.717) is 22.6 Å². The van der Waals surface area contributed by atoms with Crippen molar-refractivity contribution in [1.29, 1.82) is 5.26 Å². The van der Waals surface area contributed by atoms with Gasteiger partial charge in [-0.25, -0.2) is 4.98 Å². The number of nitriles is 1. The van der Waals surface area contributed by atoms with Gasteiger partial charge in [0.25, 0.3) is 0 Å². The molecule has 28 heavy (non-hydrogen) atoms. The first-order chi connectivity index (χ1) is 13.4. The Balaban J connectivity index is 2.37. The number of nitrogens with two attached hydrogens (primary N) is 1. The number of hydrogen-bond acceptors (Lipinski definition) is 6. The molecular weight excluding hydrogens is 372 g/mol. The zero-order valence-electron chi connectivity index (χ0n) is 16.3. The second kappa shape index (κ2) is 7.95. The van der Waals surface area contributed by atoms with Crippen LogP contribution in [0.3, 0.4) is 0 Å². The average molecular weight is 395 g/mol. The monoisotopic (exact) mass is 394 g/mol. The fraction of sp³-hybridized carbons (Fsp3) is 0.286. The number of pyridine rings is 1. The molecule has 144 valence electrons. The number of rotatable bonds is 5. The fourth-order valence-electron chi connectivity index (χ4n) is 3.57. The molecule has 3 rings (SSSR count). The highest BCUT2D eigenvalue weighted by Gasteiger charge is 2.36. The van der Waals surface area contributed by atoms with Crippen LogP contribution >= 0.6 is 11.8 Å². The summed E-state index contributed by atoms with van der Waals surface area (Å²) in [4.78, 5) is 17.1. The van der Waals surface area contributed by atoms with Gasteiger partial charge in [0.15, 0.2) is 0 Å². The first kappa shape index (κ1) is 19.8. The minimum Gasteiger partial charge on any atom is -0.496 e. The van der Waals surface area contributed by atoms with E-state index in [1.807, 2.05) is 26.1 Å². The number of aryl methyl sites for hydroxylation is 1. The second-order valence-electron chi connectivity index (χ2n) is 6.50. The van der Waals surface area contributed by atoms with Gasteiger partial charge in [-0.3, -0.25) is 4.79 Å². The molecule has 7 heteroatoms. The van der Waals surface area contributed by atoms with Crippen molar-refractivity contribution in [2.45, 2.75) is 31.7 Å². The highest BCUT2D eigenvalue weighted by molar-refractivity contribution is 7.99. The molecule has 0 fully saturated rings. The maximum atomic E-state index is 12.4. The number of benzene rings is 1. The average Bonchev–Trinajstić information content (AvgIpc) is 2.68. The highest BCUT2D eigenvalue weighted by Crippen LogP contribution is 2.48. The van der Waals surface area contributed by atoms with Crippen LogP contribution in [0.4, 0.5) is 5.69 Å². The Morgan fingerprint density at radius 2 is 2.18 bits per heavy atom. The normalized spacial score (nSPS) is 15.5. The number of primary amides is 1. The number of carbonyl (C=O) groups excluding carboxylic acids is 1. The van der Waals surface area contributed by atoms with Gasteiger partial charge in [0.1, 0.15) is 10.8 Å².